The number of nitrogens with zero attached hydrogens (tertiary/aromatic N) is 1. The summed E-state index contributed by atoms with van der Waals surface area (Å²) in [4.78, 5) is 26.4. The van der Waals surface area contributed by atoms with Gasteiger partial charge in [0.2, 0.25) is 5.91 Å². The van der Waals surface area contributed by atoms with E-state index in [-0.39, 0.29) is 5.91 Å². The maximum absolute atomic E-state index is 12.3. The Labute approximate surface area is 143 Å². The SMILES string of the molecule is CC1(C(=O)O)CCCN(C(=O)CCSc2ccc(Br)cc2)C1. The van der Waals surface area contributed by atoms with Gasteiger partial charge in [-0.1, -0.05) is 15.9 Å². The lowest BCUT2D eigenvalue weighted by Gasteiger charge is -2.37. The summed E-state index contributed by atoms with van der Waals surface area (Å²) in [5.41, 5.74) is -0.799. The molecule has 1 atom stereocenters. The van der Waals surface area contributed by atoms with Gasteiger partial charge in [0, 0.05) is 34.6 Å². The normalized spacial score (nSPS) is 21.6. The highest BCUT2D eigenvalue weighted by molar-refractivity contribution is 9.10. The maximum Gasteiger partial charge on any atom is 0.311 e. The van der Waals surface area contributed by atoms with Crippen LogP contribution in [0.4, 0.5) is 0 Å². The number of halogens is 1. The second kappa shape index (κ2) is 7.51. The number of hydrogen-bond acceptors (Lipinski definition) is 3. The Morgan fingerprint density at radius 1 is 1.36 bits per heavy atom. The largest absolute Gasteiger partial charge is 0.481 e. The number of aliphatic carboxylic acids is 1. The Bertz CT molecular complexity index is 549. The lowest BCUT2D eigenvalue weighted by Crippen LogP contribution is -2.48. The predicted molar refractivity (Wildman–Crippen MR) is 91.0 cm³/mol. The molecule has 1 aromatic carbocycles. The van der Waals surface area contributed by atoms with Crippen LogP contribution in [0.25, 0.3) is 0 Å². The van der Waals surface area contributed by atoms with Crippen molar-refractivity contribution >= 4 is 39.6 Å². The number of benzene rings is 1. The van der Waals surface area contributed by atoms with Gasteiger partial charge in [0.05, 0.1) is 5.41 Å². The lowest BCUT2D eigenvalue weighted by molar-refractivity contribution is -0.153. The summed E-state index contributed by atoms with van der Waals surface area (Å²) in [6.45, 7) is 2.72. The van der Waals surface area contributed by atoms with E-state index in [1.54, 1.807) is 23.6 Å². The monoisotopic (exact) mass is 385 g/mol. The van der Waals surface area contributed by atoms with Crippen molar-refractivity contribution in [3.8, 4) is 0 Å². The van der Waals surface area contributed by atoms with Gasteiger partial charge in [0.1, 0.15) is 0 Å². The van der Waals surface area contributed by atoms with Crippen molar-refractivity contribution in [2.45, 2.75) is 31.1 Å². The van der Waals surface area contributed by atoms with Gasteiger partial charge in [-0.2, -0.15) is 0 Å². The zero-order chi connectivity index (χ0) is 16.2. The van der Waals surface area contributed by atoms with E-state index in [0.717, 1.165) is 15.8 Å². The van der Waals surface area contributed by atoms with E-state index >= 15 is 0 Å². The molecule has 1 unspecified atom stereocenters. The van der Waals surface area contributed by atoms with Crippen LogP contribution in [0.15, 0.2) is 33.6 Å². The highest BCUT2D eigenvalue weighted by Crippen LogP contribution is 2.30. The summed E-state index contributed by atoms with van der Waals surface area (Å²) in [6, 6.07) is 7.99. The van der Waals surface area contributed by atoms with Gasteiger partial charge in [0.15, 0.2) is 0 Å². The number of hydrogen-bond donors (Lipinski definition) is 1. The first-order valence-electron chi connectivity index (χ1n) is 7.30. The zero-order valence-electron chi connectivity index (χ0n) is 12.5. The summed E-state index contributed by atoms with van der Waals surface area (Å²) in [5.74, 6) is -0.0492. The van der Waals surface area contributed by atoms with E-state index in [2.05, 4.69) is 15.9 Å². The van der Waals surface area contributed by atoms with Crippen LogP contribution in [-0.2, 0) is 9.59 Å². The van der Waals surface area contributed by atoms with Crippen molar-refractivity contribution in [3.63, 3.8) is 0 Å². The third-order valence-corrected chi connectivity index (χ3v) is 5.51. The molecule has 120 valence electrons. The minimum Gasteiger partial charge on any atom is -0.481 e. The van der Waals surface area contributed by atoms with Crippen LogP contribution in [0.1, 0.15) is 26.2 Å². The van der Waals surface area contributed by atoms with Crippen LogP contribution in [0.3, 0.4) is 0 Å². The quantitative estimate of drug-likeness (QED) is 0.785. The molecule has 4 nitrogen and oxygen atoms in total. The lowest BCUT2D eigenvalue weighted by atomic mass is 9.82. The van der Waals surface area contributed by atoms with E-state index in [0.29, 0.717) is 31.7 Å². The molecule has 0 aromatic heterocycles. The van der Waals surface area contributed by atoms with Crippen molar-refractivity contribution in [2.24, 2.45) is 5.41 Å². The van der Waals surface area contributed by atoms with E-state index in [4.69, 9.17) is 0 Å². The predicted octanol–water partition coefficient (Wildman–Crippen LogP) is 3.64. The summed E-state index contributed by atoms with van der Waals surface area (Å²) >= 11 is 5.04. The maximum atomic E-state index is 12.3. The summed E-state index contributed by atoms with van der Waals surface area (Å²) in [7, 11) is 0. The number of piperidine rings is 1. The van der Waals surface area contributed by atoms with E-state index in [9.17, 15) is 14.7 Å². The first-order valence-corrected chi connectivity index (χ1v) is 9.08. The molecule has 0 saturated carbocycles. The summed E-state index contributed by atoms with van der Waals surface area (Å²) < 4.78 is 1.04. The molecule has 1 heterocycles. The number of likely N-dealkylation sites (tertiary alicyclic amines) is 1. The molecule has 0 aliphatic carbocycles. The van der Waals surface area contributed by atoms with Gasteiger partial charge in [-0.05, 0) is 44.0 Å². The Morgan fingerprint density at radius 2 is 2.05 bits per heavy atom. The van der Waals surface area contributed by atoms with Crippen LogP contribution >= 0.6 is 27.7 Å². The van der Waals surface area contributed by atoms with Crippen molar-refractivity contribution in [2.75, 3.05) is 18.8 Å². The van der Waals surface area contributed by atoms with E-state index < -0.39 is 11.4 Å². The minimum atomic E-state index is -0.811. The minimum absolute atomic E-state index is 0.0526. The highest BCUT2D eigenvalue weighted by Gasteiger charge is 2.39. The Kier molecular flexibility index (Phi) is 5.92. The fraction of sp³-hybridized carbons (Fsp3) is 0.500. The van der Waals surface area contributed by atoms with Gasteiger partial charge in [-0.3, -0.25) is 9.59 Å². The van der Waals surface area contributed by atoms with Crippen molar-refractivity contribution in [3.05, 3.63) is 28.7 Å². The molecule has 2 rings (SSSR count). The fourth-order valence-electron chi connectivity index (χ4n) is 2.57. The average molecular weight is 386 g/mol. The highest BCUT2D eigenvalue weighted by atomic mass is 79.9. The van der Waals surface area contributed by atoms with Gasteiger partial charge < -0.3 is 10.0 Å². The fourth-order valence-corrected chi connectivity index (χ4v) is 3.68. The third-order valence-electron chi connectivity index (χ3n) is 3.96. The molecule has 1 aliphatic rings. The number of thioether (sulfide) groups is 1. The van der Waals surface area contributed by atoms with Crippen LogP contribution in [0.2, 0.25) is 0 Å². The Hall–Kier alpha value is -1.01. The number of carboxylic acid groups (broad SMARTS) is 1. The zero-order valence-corrected chi connectivity index (χ0v) is 15.0. The molecule has 1 N–H and O–H groups in total. The van der Waals surface area contributed by atoms with Crippen LogP contribution in [-0.4, -0.2) is 40.7 Å². The first kappa shape index (κ1) is 17.3. The van der Waals surface area contributed by atoms with Crippen molar-refractivity contribution < 1.29 is 14.7 Å². The molecule has 0 spiro atoms. The van der Waals surface area contributed by atoms with Crippen LogP contribution in [0.5, 0.6) is 0 Å². The number of rotatable bonds is 5. The van der Waals surface area contributed by atoms with Crippen molar-refractivity contribution in [1.29, 1.82) is 0 Å². The Balaban J connectivity index is 1.82. The standard InChI is InChI=1S/C16H20BrNO3S/c1-16(15(20)21)8-2-9-18(11-16)14(19)7-10-22-13-5-3-12(17)4-6-13/h3-6H,2,7-11H2,1H3,(H,20,21). The molecule has 0 radical (unpaired) electrons. The molecular weight excluding hydrogens is 366 g/mol. The summed E-state index contributed by atoms with van der Waals surface area (Å²) in [5, 5.41) is 9.30. The number of amides is 1. The van der Waals surface area contributed by atoms with Gasteiger partial charge in [0.25, 0.3) is 0 Å². The number of carbonyl (C=O) groups excluding carboxylic acids is 1. The number of carboxylic acids is 1. The van der Waals surface area contributed by atoms with Gasteiger partial charge in [-0.15, -0.1) is 11.8 Å². The summed E-state index contributed by atoms with van der Waals surface area (Å²) in [6.07, 6.45) is 1.84. The van der Waals surface area contributed by atoms with E-state index in [1.807, 2.05) is 24.3 Å². The average Bonchev–Trinajstić information content (AvgIpc) is 2.49. The molecule has 1 fully saturated rings. The topological polar surface area (TPSA) is 57.6 Å². The van der Waals surface area contributed by atoms with E-state index in [1.165, 1.54) is 0 Å². The molecule has 1 aromatic rings. The first-order chi connectivity index (χ1) is 10.4. The van der Waals surface area contributed by atoms with Gasteiger partial charge in [-0.25, -0.2) is 0 Å². The third kappa shape index (κ3) is 4.49. The van der Waals surface area contributed by atoms with Crippen LogP contribution in [0, 0.1) is 5.41 Å². The molecule has 1 saturated heterocycles. The second-order valence-electron chi connectivity index (χ2n) is 5.84. The molecular formula is C16H20BrNO3S. The Morgan fingerprint density at radius 3 is 2.68 bits per heavy atom. The van der Waals surface area contributed by atoms with Crippen molar-refractivity contribution in [1.82, 2.24) is 4.90 Å². The molecule has 1 aliphatic heterocycles. The molecule has 0 bridgehead atoms. The van der Waals surface area contributed by atoms with Gasteiger partial charge >= 0.3 is 5.97 Å². The molecule has 1 amide bonds. The molecule has 22 heavy (non-hydrogen) atoms. The van der Waals surface area contributed by atoms with Crippen LogP contribution < -0.4 is 0 Å². The molecule has 6 heteroatoms. The smallest absolute Gasteiger partial charge is 0.311 e. The number of carbonyl (C=O) groups is 2. The second-order valence-corrected chi connectivity index (χ2v) is 7.92.